The Morgan fingerprint density at radius 2 is 2.00 bits per heavy atom. The molecule has 2 atom stereocenters. The van der Waals surface area contributed by atoms with Crippen LogP contribution in [0.15, 0.2) is 0 Å². The molecule has 0 bridgehead atoms. The second kappa shape index (κ2) is 6.94. The topological polar surface area (TPSA) is 49.9 Å². The lowest BCUT2D eigenvalue weighted by molar-refractivity contribution is -0.0346. The number of piperidine rings is 1. The second-order valence-electron chi connectivity index (χ2n) is 6.81. The lowest BCUT2D eigenvalue weighted by Gasteiger charge is -2.43. The molecule has 1 aliphatic heterocycles. The molecule has 2 rings (SSSR count). The van der Waals surface area contributed by atoms with E-state index in [4.69, 9.17) is 4.74 Å². The first-order valence-corrected chi connectivity index (χ1v) is 9.66. The van der Waals surface area contributed by atoms with E-state index in [0.717, 1.165) is 19.6 Å². The first-order chi connectivity index (χ1) is 9.89. The monoisotopic (exact) mass is 318 g/mol. The predicted molar refractivity (Wildman–Crippen MR) is 84.8 cm³/mol. The Morgan fingerprint density at radius 1 is 1.29 bits per heavy atom. The third-order valence-corrected chi connectivity index (χ3v) is 7.15. The quantitative estimate of drug-likeness (QED) is 0.745. The van der Waals surface area contributed by atoms with E-state index in [1.54, 1.807) is 14.1 Å². The summed E-state index contributed by atoms with van der Waals surface area (Å²) in [6.07, 6.45) is 7.29. The Kier molecular flexibility index (Phi) is 5.68. The van der Waals surface area contributed by atoms with Crippen LogP contribution in [0.25, 0.3) is 0 Å². The fraction of sp³-hybridized carbons (Fsp3) is 1.00. The van der Waals surface area contributed by atoms with Gasteiger partial charge in [-0.25, -0.2) is 12.7 Å². The maximum atomic E-state index is 11.8. The summed E-state index contributed by atoms with van der Waals surface area (Å²) in [5.74, 6) is 0.247. The van der Waals surface area contributed by atoms with Gasteiger partial charge < -0.3 is 9.64 Å². The highest BCUT2D eigenvalue weighted by molar-refractivity contribution is 7.89. The summed E-state index contributed by atoms with van der Waals surface area (Å²) in [6.45, 7) is 3.05. The molecule has 21 heavy (non-hydrogen) atoms. The highest BCUT2D eigenvalue weighted by Gasteiger charge is 2.45. The maximum absolute atomic E-state index is 11.8. The SMILES string of the molecule is CO[C@@H]1CCC[C@]12CCCN(CCCS(=O)(=O)N(C)C)C2. The second-order valence-corrected chi connectivity index (χ2v) is 9.11. The van der Waals surface area contributed by atoms with Crippen LogP contribution in [-0.2, 0) is 14.8 Å². The van der Waals surface area contributed by atoms with Gasteiger partial charge in [0.2, 0.25) is 10.0 Å². The minimum absolute atomic E-state index is 0.247. The fourth-order valence-electron chi connectivity index (χ4n) is 4.04. The third kappa shape index (κ3) is 3.97. The van der Waals surface area contributed by atoms with E-state index >= 15 is 0 Å². The van der Waals surface area contributed by atoms with Gasteiger partial charge in [-0.15, -0.1) is 0 Å². The Morgan fingerprint density at radius 3 is 2.67 bits per heavy atom. The molecule has 124 valence electrons. The summed E-state index contributed by atoms with van der Waals surface area (Å²) in [7, 11) is 1.98. The van der Waals surface area contributed by atoms with Gasteiger partial charge in [0, 0.05) is 33.2 Å². The molecule has 1 saturated carbocycles. The summed E-state index contributed by atoms with van der Waals surface area (Å²) in [6, 6.07) is 0. The number of hydrogen-bond donors (Lipinski definition) is 0. The van der Waals surface area contributed by atoms with Crippen LogP contribution in [-0.4, -0.2) is 70.3 Å². The molecule has 1 heterocycles. The van der Waals surface area contributed by atoms with E-state index in [1.165, 1.54) is 36.4 Å². The van der Waals surface area contributed by atoms with Crippen molar-refractivity contribution in [3.05, 3.63) is 0 Å². The van der Waals surface area contributed by atoms with Gasteiger partial charge in [-0.2, -0.15) is 0 Å². The molecule has 1 saturated heterocycles. The Hall–Kier alpha value is -0.170. The number of sulfonamides is 1. The number of methoxy groups -OCH3 is 1. The van der Waals surface area contributed by atoms with E-state index in [1.807, 2.05) is 7.11 Å². The molecule has 5 nitrogen and oxygen atoms in total. The zero-order valence-corrected chi connectivity index (χ0v) is 14.5. The minimum atomic E-state index is -3.06. The average molecular weight is 318 g/mol. The number of ether oxygens (including phenoxy) is 1. The lowest BCUT2D eigenvalue weighted by Crippen LogP contribution is -2.48. The van der Waals surface area contributed by atoms with E-state index < -0.39 is 10.0 Å². The van der Waals surface area contributed by atoms with Crippen molar-refractivity contribution in [1.29, 1.82) is 0 Å². The van der Waals surface area contributed by atoms with Crippen molar-refractivity contribution >= 4 is 10.0 Å². The third-order valence-electron chi connectivity index (χ3n) is 5.23. The molecule has 0 aromatic carbocycles. The highest BCUT2D eigenvalue weighted by atomic mass is 32.2. The molecule has 0 aromatic rings. The van der Waals surface area contributed by atoms with Crippen molar-refractivity contribution in [3.8, 4) is 0 Å². The zero-order valence-electron chi connectivity index (χ0n) is 13.7. The van der Waals surface area contributed by atoms with Crippen molar-refractivity contribution in [2.45, 2.75) is 44.6 Å². The van der Waals surface area contributed by atoms with Crippen LogP contribution < -0.4 is 0 Å². The molecule has 0 radical (unpaired) electrons. The molecular weight excluding hydrogens is 288 g/mol. The Balaban J connectivity index is 1.85. The molecular formula is C15H30N2O3S. The van der Waals surface area contributed by atoms with Gasteiger partial charge in [-0.05, 0) is 45.2 Å². The zero-order chi connectivity index (χ0) is 15.5. The van der Waals surface area contributed by atoms with Gasteiger partial charge in [0.25, 0.3) is 0 Å². The van der Waals surface area contributed by atoms with Crippen LogP contribution in [0, 0.1) is 5.41 Å². The maximum Gasteiger partial charge on any atom is 0.213 e. The number of rotatable bonds is 6. The van der Waals surface area contributed by atoms with Crippen molar-refractivity contribution in [2.24, 2.45) is 5.41 Å². The van der Waals surface area contributed by atoms with Gasteiger partial charge in [0.1, 0.15) is 0 Å². The summed E-state index contributed by atoms with van der Waals surface area (Å²) in [5, 5.41) is 0. The van der Waals surface area contributed by atoms with Crippen molar-refractivity contribution in [3.63, 3.8) is 0 Å². The summed E-state index contributed by atoms with van der Waals surface area (Å²) < 4.78 is 30.7. The first kappa shape index (κ1) is 17.2. The van der Waals surface area contributed by atoms with Crippen LogP contribution in [0.4, 0.5) is 0 Å². The van der Waals surface area contributed by atoms with E-state index in [9.17, 15) is 8.42 Å². The van der Waals surface area contributed by atoms with Crippen molar-refractivity contribution in [1.82, 2.24) is 9.21 Å². The summed E-state index contributed by atoms with van der Waals surface area (Å²) in [4.78, 5) is 2.45. The first-order valence-electron chi connectivity index (χ1n) is 8.05. The number of hydrogen-bond acceptors (Lipinski definition) is 4. The molecule has 0 N–H and O–H groups in total. The van der Waals surface area contributed by atoms with Gasteiger partial charge in [-0.3, -0.25) is 0 Å². The van der Waals surface area contributed by atoms with Crippen LogP contribution in [0.2, 0.25) is 0 Å². The smallest absolute Gasteiger partial charge is 0.213 e. The van der Waals surface area contributed by atoms with Crippen LogP contribution in [0.5, 0.6) is 0 Å². The molecule has 0 unspecified atom stereocenters. The normalized spacial score (nSPS) is 31.3. The predicted octanol–water partition coefficient (Wildman–Crippen LogP) is 1.55. The van der Waals surface area contributed by atoms with E-state index in [0.29, 0.717) is 17.9 Å². The molecule has 6 heteroatoms. The minimum Gasteiger partial charge on any atom is -0.381 e. The standard InChI is InChI=1S/C15H30N2O3S/c1-16(2)21(18,19)12-6-11-17-10-5-9-15(13-17)8-4-7-14(15)20-3/h14H,4-13H2,1-3H3/t14-,15-/m1/s1. The highest BCUT2D eigenvalue weighted by Crippen LogP contribution is 2.46. The van der Waals surface area contributed by atoms with E-state index in [-0.39, 0.29) is 5.75 Å². The lowest BCUT2D eigenvalue weighted by atomic mass is 9.76. The van der Waals surface area contributed by atoms with Crippen LogP contribution >= 0.6 is 0 Å². The van der Waals surface area contributed by atoms with E-state index in [2.05, 4.69) is 4.90 Å². The fourth-order valence-corrected chi connectivity index (χ4v) is 4.90. The molecule has 1 spiro atoms. The van der Waals surface area contributed by atoms with Gasteiger partial charge >= 0.3 is 0 Å². The van der Waals surface area contributed by atoms with Gasteiger partial charge in [-0.1, -0.05) is 6.42 Å². The van der Waals surface area contributed by atoms with Crippen molar-refractivity contribution in [2.75, 3.05) is 46.6 Å². The van der Waals surface area contributed by atoms with Crippen LogP contribution in [0.1, 0.15) is 38.5 Å². The summed E-state index contributed by atoms with van der Waals surface area (Å²) >= 11 is 0. The van der Waals surface area contributed by atoms with Crippen LogP contribution in [0.3, 0.4) is 0 Å². The van der Waals surface area contributed by atoms with Gasteiger partial charge in [0.15, 0.2) is 0 Å². The average Bonchev–Trinajstić information content (AvgIpc) is 2.80. The summed E-state index contributed by atoms with van der Waals surface area (Å²) in [5.41, 5.74) is 0.327. The number of likely N-dealkylation sites (tertiary alicyclic amines) is 1. The van der Waals surface area contributed by atoms with Gasteiger partial charge in [0.05, 0.1) is 11.9 Å². The molecule has 2 aliphatic rings. The molecule has 0 amide bonds. The molecule has 0 aromatic heterocycles. The Labute approximate surface area is 129 Å². The number of nitrogens with zero attached hydrogens (tertiary/aromatic N) is 2. The molecule has 1 aliphatic carbocycles. The van der Waals surface area contributed by atoms with Crippen molar-refractivity contribution < 1.29 is 13.2 Å². The Bertz CT molecular complexity index is 438. The largest absolute Gasteiger partial charge is 0.381 e. The molecule has 2 fully saturated rings.